The zero-order chi connectivity index (χ0) is 14.7. The Morgan fingerprint density at radius 1 is 1.50 bits per heavy atom. The Morgan fingerprint density at radius 3 is 2.85 bits per heavy atom. The van der Waals surface area contributed by atoms with Gasteiger partial charge >= 0.3 is 0 Å². The molecule has 1 aromatic heterocycles. The number of benzene rings is 1. The molecule has 2 aromatic rings. The smallest absolute Gasteiger partial charge is 0.212 e. The van der Waals surface area contributed by atoms with Gasteiger partial charge in [0, 0.05) is 10.5 Å². The first-order valence-electron chi connectivity index (χ1n) is 6.27. The van der Waals surface area contributed by atoms with Crippen molar-refractivity contribution in [3.05, 3.63) is 37.6 Å². The first-order valence-corrected chi connectivity index (χ1v) is 8.29. The fourth-order valence-corrected chi connectivity index (χ4v) is 3.50. The highest BCUT2D eigenvalue weighted by Crippen LogP contribution is 2.30. The van der Waals surface area contributed by atoms with Gasteiger partial charge in [-0.2, -0.15) is 0 Å². The molecule has 0 spiro atoms. The molecule has 1 atom stereocenters. The van der Waals surface area contributed by atoms with Gasteiger partial charge in [0.15, 0.2) is 3.95 Å². The summed E-state index contributed by atoms with van der Waals surface area (Å²) < 4.78 is 3.37. The molecule has 0 saturated heterocycles. The fraction of sp³-hybridized carbons (Fsp3) is 0.286. The lowest BCUT2D eigenvalue weighted by Crippen LogP contribution is -2.02. The topological polar surface area (TPSA) is 37.5 Å². The molecule has 0 radical (unpaired) electrons. The van der Waals surface area contributed by atoms with Crippen LogP contribution in [0.15, 0.2) is 33.7 Å². The molecule has 2 rings (SSSR count). The Bertz CT molecular complexity index is 691. The van der Waals surface area contributed by atoms with Crippen molar-refractivity contribution in [3.63, 3.8) is 0 Å². The van der Waals surface area contributed by atoms with Crippen LogP contribution in [0.3, 0.4) is 0 Å². The normalized spacial score (nSPS) is 12.9. The second-order valence-electron chi connectivity index (χ2n) is 4.39. The summed E-state index contributed by atoms with van der Waals surface area (Å²) in [5.41, 5.74) is 0.821. The molecule has 0 unspecified atom stereocenters. The molecule has 0 aliphatic heterocycles. The van der Waals surface area contributed by atoms with E-state index in [0.717, 1.165) is 16.6 Å². The number of halogens is 1. The largest absolute Gasteiger partial charge is 0.493 e. The molecule has 20 heavy (non-hydrogen) atoms. The number of aromatic hydroxyl groups is 1. The van der Waals surface area contributed by atoms with Crippen molar-refractivity contribution in [1.29, 1.82) is 0 Å². The second-order valence-corrected chi connectivity index (χ2v) is 6.92. The number of hydrogen-bond acceptors (Lipinski definition) is 4. The standard InChI is InChI=1S/C14H15BrN2OS2/c1-3-9(2)17-13(18)12(20-14(17)19)8-16-11-7-5-4-6-10(11)15/h4-9,18H,3H2,1-2H3/t9-/m1/s1. The Morgan fingerprint density at radius 2 is 2.20 bits per heavy atom. The third kappa shape index (κ3) is 3.19. The molecule has 3 nitrogen and oxygen atoms in total. The zero-order valence-electron chi connectivity index (χ0n) is 11.2. The van der Waals surface area contributed by atoms with E-state index in [0.29, 0.717) is 8.83 Å². The van der Waals surface area contributed by atoms with Crippen LogP contribution in [0.2, 0.25) is 0 Å². The van der Waals surface area contributed by atoms with Crippen molar-refractivity contribution < 1.29 is 5.11 Å². The van der Waals surface area contributed by atoms with Crippen LogP contribution in [0.1, 0.15) is 31.2 Å². The van der Waals surface area contributed by atoms with Gasteiger partial charge in [0.2, 0.25) is 5.88 Å². The lowest BCUT2D eigenvalue weighted by Gasteiger charge is -2.11. The maximum Gasteiger partial charge on any atom is 0.212 e. The third-order valence-electron chi connectivity index (χ3n) is 3.05. The molecule has 6 heteroatoms. The first-order chi connectivity index (χ1) is 9.54. The van der Waals surface area contributed by atoms with Gasteiger partial charge in [-0.3, -0.25) is 9.56 Å². The van der Waals surface area contributed by atoms with Gasteiger partial charge in [0.1, 0.15) is 4.88 Å². The van der Waals surface area contributed by atoms with Crippen LogP contribution in [0, 0.1) is 3.95 Å². The highest BCUT2D eigenvalue weighted by atomic mass is 79.9. The van der Waals surface area contributed by atoms with E-state index in [4.69, 9.17) is 12.2 Å². The molecule has 1 heterocycles. The molecular formula is C14H15BrN2OS2. The summed E-state index contributed by atoms with van der Waals surface area (Å²) in [6.07, 6.45) is 2.58. The molecule has 1 N–H and O–H groups in total. The highest BCUT2D eigenvalue weighted by Gasteiger charge is 2.14. The SMILES string of the molecule is CC[C@@H](C)n1c(O)c(C=Nc2ccccc2Br)sc1=S. The summed E-state index contributed by atoms with van der Waals surface area (Å²) in [6, 6.07) is 7.87. The van der Waals surface area contributed by atoms with Crippen molar-refractivity contribution in [2.45, 2.75) is 26.3 Å². The predicted octanol–water partition coefficient (Wildman–Crippen LogP) is 5.47. The lowest BCUT2D eigenvalue weighted by molar-refractivity contribution is 0.384. The van der Waals surface area contributed by atoms with Crippen LogP contribution >= 0.6 is 39.5 Å². The fourth-order valence-electron chi connectivity index (χ4n) is 1.73. The third-order valence-corrected chi connectivity index (χ3v) is 5.04. The molecule has 0 amide bonds. The van der Waals surface area contributed by atoms with Crippen molar-refractivity contribution in [1.82, 2.24) is 4.57 Å². The van der Waals surface area contributed by atoms with Crippen LogP contribution in [-0.4, -0.2) is 15.9 Å². The molecule has 0 bridgehead atoms. The second kappa shape index (κ2) is 6.65. The van der Waals surface area contributed by atoms with E-state index >= 15 is 0 Å². The quantitative estimate of drug-likeness (QED) is 0.572. The van der Waals surface area contributed by atoms with Crippen molar-refractivity contribution in [2.75, 3.05) is 0 Å². The number of rotatable bonds is 4. The Labute approximate surface area is 135 Å². The van der Waals surface area contributed by atoms with Crippen LogP contribution in [-0.2, 0) is 0 Å². The number of aliphatic imine (C=N–C) groups is 1. The van der Waals surface area contributed by atoms with Crippen LogP contribution in [0.5, 0.6) is 5.88 Å². The molecular weight excluding hydrogens is 356 g/mol. The molecule has 1 aromatic carbocycles. The zero-order valence-corrected chi connectivity index (χ0v) is 14.4. The van der Waals surface area contributed by atoms with E-state index in [1.165, 1.54) is 11.3 Å². The van der Waals surface area contributed by atoms with Gasteiger partial charge in [0.25, 0.3) is 0 Å². The minimum absolute atomic E-state index is 0.185. The summed E-state index contributed by atoms with van der Waals surface area (Å²) in [5.74, 6) is 0.199. The summed E-state index contributed by atoms with van der Waals surface area (Å²) >= 11 is 10.1. The van der Waals surface area contributed by atoms with E-state index in [1.807, 2.05) is 31.2 Å². The number of hydrogen-bond donors (Lipinski definition) is 1. The van der Waals surface area contributed by atoms with Gasteiger partial charge < -0.3 is 5.11 Å². The van der Waals surface area contributed by atoms with E-state index in [9.17, 15) is 5.11 Å². The van der Waals surface area contributed by atoms with Gasteiger partial charge in [-0.05, 0) is 53.6 Å². The lowest BCUT2D eigenvalue weighted by atomic mass is 10.2. The molecule has 0 aliphatic carbocycles. The number of nitrogens with zero attached hydrogens (tertiary/aromatic N) is 2. The number of thiazole rings is 1. The van der Waals surface area contributed by atoms with E-state index < -0.39 is 0 Å². The van der Waals surface area contributed by atoms with Crippen molar-refractivity contribution in [3.8, 4) is 5.88 Å². The Kier molecular flexibility index (Phi) is 5.12. The molecule has 0 aliphatic rings. The number of aromatic nitrogens is 1. The minimum Gasteiger partial charge on any atom is -0.493 e. The first kappa shape index (κ1) is 15.4. The average Bonchev–Trinajstić information content (AvgIpc) is 2.72. The monoisotopic (exact) mass is 370 g/mol. The van der Waals surface area contributed by atoms with Crippen LogP contribution in [0.4, 0.5) is 5.69 Å². The van der Waals surface area contributed by atoms with Crippen molar-refractivity contribution in [2.24, 2.45) is 4.99 Å². The average molecular weight is 371 g/mol. The van der Waals surface area contributed by atoms with E-state index in [1.54, 1.807) is 10.8 Å². The van der Waals surface area contributed by atoms with E-state index in [2.05, 4.69) is 27.8 Å². The van der Waals surface area contributed by atoms with Crippen LogP contribution in [0.25, 0.3) is 0 Å². The van der Waals surface area contributed by atoms with Gasteiger partial charge in [-0.1, -0.05) is 30.4 Å². The number of para-hydroxylation sites is 1. The molecule has 0 fully saturated rings. The summed E-state index contributed by atoms with van der Waals surface area (Å²) in [5, 5.41) is 10.3. The van der Waals surface area contributed by atoms with Gasteiger partial charge in [0.05, 0.1) is 11.9 Å². The Hall–Kier alpha value is -0.980. The van der Waals surface area contributed by atoms with E-state index in [-0.39, 0.29) is 11.9 Å². The Balaban J connectivity index is 2.36. The summed E-state index contributed by atoms with van der Waals surface area (Å²) in [6.45, 7) is 4.11. The molecule has 106 valence electrons. The summed E-state index contributed by atoms with van der Waals surface area (Å²) in [7, 11) is 0. The predicted molar refractivity (Wildman–Crippen MR) is 91.2 cm³/mol. The molecule has 0 saturated carbocycles. The van der Waals surface area contributed by atoms with Crippen molar-refractivity contribution >= 4 is 51.4 Å². The van der Waals surface area contributed by atoms with Crippen LogP contribution < -0.4 is 0 Å². The summed E-state index contributed by atoms with van der Waals surface area (Å²) in [4.78, 5) is 5.08. The maximum absolute atomic E-state index is 10.3. The minimum atomic E-state index is 0.185. The van der Waals surface area contributed by atoms with Gasteiger partial charge in [-0.25, -0.2) is 0 Å². The maximum atomic E-state index is 10.3. The van der Waals surface area contributed by atoms with Gasteiger partial charge in [-0.15, -0.1) is 0 Å². The highest BCUT2D eigenvalue weighted by molar-refractivity contribution is 9.10.